The molecule has 0 fully saturated rings. The molecule has 1 aromatic rings. The van der Waals surface area contributed by atoms with E-state index >= 15 is 0 Å². The summed E-state index contributed by atoms with van der Waals surface area (Å²) in [6, 6.07) is 4.95. The summed E-state index contributed by atoms with van der Waals surface area (Å²) in [5.74, 6) is 0.474. The van der Waals surface area contributed by atoms with Crippen LogP contribution in [-0.4, -0.2) is 30.9 Å². The van der Waals surface area contributed by atoms with E-state index in [1.54, 1.807) is 24.3 Å². The summed E-state index contributed by atoms with van der Waals surface area (Å²) in [4.78, 5) is 0. The number of halogens is 2. The summed E-state index contributed by atoms with van der Waals surface area (Å²) in [5, 5.41) is 13.6. The highest BCUT2D eigenvalue weighted by molar-refractivity contribution is 6.34. The third kappa shape index (κ3) is 5.41. The molecule has 0 spiro atoms. The molecule has 1 aromatic carbocycles. The lowest BCUT2D eigenvalue weighted by Crippen LogP contribution is -2.31. The molecule has 1 atom stereocenters. The Balaban J connectivity index is 2.38. The van der Waals surface area contributed by atoms with Gasteiger partial charge in [-0.3, -0.25) is 0 Å². The van der Waals surface area contributed by atoms with Crippen LogP contribution in [0.5, 0.6) is 5.75 Å². The molecule has 0 radical (unpaired) electrons. The van der Waals surface area contributed by atoms with E-state index in [0.29, 0.717) is 28.9 Å². The molecule has 94 valence electrons. The highest BCUT2D eigenvalue weighted by atomic mass is 35.5. The molecular formula is C12H15Cl2NO2. The third-order valence-corrected chi connectivity index (χ3v) is 2.54. The van der Waals surface area contributed by atoms with Crippen molar-refractivity contribution in [1.82, 2.24) is 5.32 Å². The molecule has 1 rings (SSSR count). The predicted octanol–water partition coefficient (Wildman–Crippen LogP) is 2.51. The minimum atomic E-state index is -0.606. The van der Waals surface area contributed by atoms with E-state index in [2.05, 4.69) is 11.9 Å². The summed E-state index contributed by atoms with van der Waals surface area (Å²) in [6.45, 7) is 4.80. The maximum absolute atomic E-state index is 9.60. The van der Waals surface area contributed by atoms with Crippen molar-refractivity contribution >= 4 is 23.2 Å². The molecule has 2 N–H and O–H groups in total. The average Bonchev–Trinajstić information content (AvgIpc) is 2.31. The molecule has 0 saturated carbocycles. The van der Waals surface area contributed by atoms with Crippen molar-refractivity contribution in [3.8, 4) is 5.75 Å². The van der Waals surface area contributed by atoms with Gasteiger partial charge in [0.05, 0.1) is 5.02 Å². The van der Waals surface area contributed by atoms with Gasteiger partial charge >= 0.3 is 0 Å². The van der Waals surface area contributed by atoms with Crippen molar-refractivity contribution in [3.63, 3.8) is 0 Å². The number of benzene rings is 1. The SMILES string of the molecule is C=CCNC[C@@H](O)COc1cc(Cl)ccc1Cl. The standard InChI is InChI=1S/C12H15Cl2NO2/c1-2-5-15-7-10(16)8-17-12-6-9(13)3-4-11(12)14/h2-4,6,10,15-16H,1,5,7-8H2/t10-/m1/s1. The van der Waals surface area contributed by atoms with E-state index in [-0.39, 0.29) is 6.61 Å². The average molecular weight is 276 g/mol. The third-order valence-electron chi connectivity index (χ3n) is 1.99. The number of nitrogens with one attached hydrogen (secondary N) is 1. The van der Waals surface area contributed by atoms with Gasteiger partial charge in [0.25, 0.3) is 0 Å². The van der Waals surface area contributed by atoms with Crippen molar-refractivity contribution in [1.29, 1.82) is 0 Å². The van der Waals surface area contributed by atoms with Crippen LogP contribution < -0.4 is 10.1 Å². The quantitative estimate of drug-likeness (QED) is 0.594. The van der Waals surface area contributed by atoms with Crippen LogP contribution in [0.4, 0.5) is 0 Å². The Morgan fingerprint density at radius 2 is 2.24 bits per heavy atom. The number of hydrogen-bond acceptors (Lipinski definition) is 3. The van der Waals surface area contributed by atoms with Crippen LogP contribution in [0.2, 0.25) is 10.0 Å². The first-order valence-electron chi connectivity index (χ1n) is 5.21. The van der Waals surface area contributed by atoms with Gasteiger partial charge in [0.2, 0.25) is 0 Å². The first-order chi connectivity index (χ1) is 8.13. The van der Waals surface area contributed by atoms with Crippen LogP contribution in [0.3, 0.4) is 0 Å². The largest absolute Gasteiger partial charge is 0.489 e. The van der Waals surface area contributed by atoms with Crippen molar-refractivity contribution < 1.29 is 9.84 Å². The molecule has 17 heavy (non-hydrogen) atoms. The summed E-state index contributed by atoms with van der Waals surface area (Å²) in [5.41, 5.74) is 0. The van der Waals surface area contributed by atoms with Gasteiger partial charge in [-0.25, -0.2) is 0 Å². The molecule has 3 nitrogen and oxygen atoms in total. The van der Waals surface area contributed by atoms with E-state index < -0.39 is 6.10 Å². The fourth-order valence-corrected chi connectivity index (χ4v) is 1.52. The lowest BCUT2D eigenvalue weighted by Gasteiger charge is -2.13. The van der Waals surface area contributed by atoms with Crippen molar-refractivity contribution in [2.24, 2.45) is 0 Å². The normalized spacial score (nSPS) is 12.2. The Labute approximate surface area is 111 Å². The van der Waals surface area contributed by atoms with Crippen LogP contribution in [0.25, 0.3) is 0 Å². The summed E-state index contributed by atoms with van der Waals surface area (Å²) >= 11 is 11.7. The van der Waals surface area contributed by atoms with Crippen LogP contribution >= 0.6 is 23.2 Å². The lowest BCUT2D eigenvalue weighted by molar-refractivity contribution is 0.107. The first kappa shape index (κ1) is 14.3. The second kappa shape index (κ2) is 7.56. The number of rotatable bonds is 7. The second-order valence-electron chi connectivity index (χ2n) is 3.49. The Kier molecular flexibility index (Phi) is 6.37. The number of aliphatic hydroxyl groups excluding tert-OH is 1. The van der Waals surface area contributed by atoms with Crippen LogP contribution in [-0.2, 0) is 0 Å². The summed E-state index contributed by atoms with van der Waals surface area (Å²) < 4.78 is 5.38. The van der Waals surface area contributed by atoms with Gasteiger partial charge < -0.3 is 15.2 Å². The van der Waals surface area contributed by atoms with Gasteiger partial charge in [-0.15, -0.1) is 6.58 Å². The van der Waals surface area contributed by atoms with Crippen LogP contribution in [0.1, 0.15) is 0 Å². The van der Waals surface area contributed by atoms with E-state index in [9.17, 15) is 5.11 Å². The molecule has 0 saturated heterocycles. The van der Waals surface area contributed by atoms with Gasteiger partial charge in [-0.2, -0.15) is 0 Å². The Morgan fingerprint density at radius 1 is 1.47 bits per heavy atom. The zero-order chi connectivity index (χ0) is 12.7. The summed E-state index contributed by atoms with van der Waals surface area (Å²) in [7, 11) is 0. The van der Waals surface area contributed by atoms with Crippen molar-refractivity contribution in [3.05, 3.63) is 40.9 Å². The lowest BCUT2D eigenvalue weighted by atomic mass is 10.3. The van der Waals surface area contributed by atoms with Gasteiger partial charge in [0.1, 0.15) is 18.5 Å². The first-order valence-corrected chi connectivity index (χ1v) is 5.96. The molecule has 0 aromatic heterocycles. The van der Waals surface area contributed by atoms with Crippen molar-refractivity contribution in [2.75, 3.05) is 19.7 Å². The predicted molar refractivity (Wildman–Crippen MR) is 71.0 cm³/mol. The molecule has 0 bridgehead atoms. The van der Waals surface area contributed by atoms with E-state index in [1.165, 1.54) is 0 Å². The van der Waals surface area contributed by atoms with E-state index in [4.69, 9.17) is 27.9 Å². The van der Waals surface area contributed by atoms with Gasteiger partial charge in [0, 0.05) is 24.2 Å². The molecular weight excluding hydrogens is 261 g/mol. The minimum absolute atomic E-state index is 0.157. The molecule has 0 unspecified atom stereocenters. The fourth-order valence-electron chi connectivity index (χ4n) is 1.18. The molecule has 0 aliphatic carbocycles. The van der Waals surface area contributed by atoms with Crippen molar-refractivity contribution in [2.45, 2.75) is 6.10 Å². The zero-order valence-electron chi connectivity index (χ0n) is 9.33. The number of ether oxygens (including phenoxy) is 1. The Hall–Kier alpha value is -0.740. The monoisotopic (exact) mass is 275 g/mol. The Bertz CT molecular complexity index is 372. The second-order valence-corrected chi connectivity index (χ2v) is 4.33. The van der Waals surface area contributed by atoms with E-state index in [1.807, 2.05) is 0 Å². The Morgan fingerprint density at radius 3 is 2.94 bits per heavy atom. The maximum Gasteiger partial charge on any atom is 0.139 e. The van der Waals surface area contributed by atoms with Gasteiger partial charge in [-0.1, -0.05) is 29.3 Å². The van der Waals surface area contributed by atoms with Crippen LogP contribution in [0, 0.1) is 0 Å². The van der Waals surface area contributed by atoms with Gasteiger partial charge in [-0.05, 0) is 12.1 Å². The van der Waals surface area contributed by atoms with Gasteiger partial charge in [0.15, 0.2) is 0 Å². The topological polar surface area (TPSA) is 41.5 Å². The molecule has 0 aliphatic heterocycles. The molecule has 0 heterocycles. The molecule has 0 aliphatic rings. The number of aliphatic hydroxyl groups is 1. The van der Waals surface area contributed by atoms with E-state index in [0.717, 1.165) is 0 Å². The number of hydrogen-bond donors (Lipinski definition) is 2. The minimum Gasteiger partial charge on any atom is -0.489 e. The fraction of sp³-hybridized carbons (Fsp3) is 0.333. The smallest absolute Gasteiger partial charge is 0.139 e. The molecule has 5 heteroatoms. The maximum atomic E-state index is 9.60. The summed E-state index contributed by atoms with van der Waals surface area (Å²) in [6.07, 6.45) is 1.12. The van der Waals surface area contributed by atoms with Crippen LogP contribution in [0.15, 0.2) is 30.9 Å². The highest BCUT2D eigenvalue weighted by Crippen LogP contribution is 2.27. The zero-order valence-corrected chi connectivity index (χ0v) is 10.8. The molecule has 0 amide bonds. The highest BCUT2D eigenvalue weighted by Gasteiger charge is 2.07.